The molecule has 0 spiro atoms. The summed E-state index contributed by atoms with van der Waals surface area (Å²) in [7, 11) is 1.73. The summed E-state index contributed by atoms with van der Waals surface area (Å²) in [5.74, 6) is -2.96. The van der Waals surface area contributed by atoms with Gasteiger partial charge in [-0.3, -0.25) is 39.2 Å². The molecule has 7 aliphatic rings. The minimum absolute atomic E-state index is 0.104. The first-order valence-corrected chi connectivity index (χ1v) is 30.0. The van der Waals surface area contributed by atoms with Crippen LogP contribution in [0.15, 0.2) is 54.2 Å². The number of fused-ring (bicyclic) bond motifs is 6. The van der Waals surface area contributed by atoms with Crippen molar-refractivity contribution in [3.05, 3.63) is 81.9 Å². The lowest BCUT2D eigenvalue weighted by molar-refractivity contribution is -0.156. The molecule has 20 heteroatoms. The molecular weight excluding hydrogens is 1040 g/mol. The number of hydrogen-bond acceptors (Lipinski definition) is 16. The van der Waals surface area contributed by atoms with Crippen LogP contribution >= 0.6 is 11.3 Å². The largest absolute Gasteiger partial charge is 0.464 e. The number of carbonyl (C=O) groups is 3. The SMILES string of the molecule is CO[C@@H](C)c1ncc(N2CCN(C3CC3)CC2)cc1-c1c2c3cc(ccc3n1CCOC1CCOCC1)-c1csc(n1)[C@@H](N1CCOCC1)[C@H](NC(=O)[C@@H]1[C@@H](C)[C@H]1c1ncccc1F)C(=O)N1CCC[C@H](N1)C(=O)OCC(C)(C)C2. The zero-order valence-corrected chi connectivity index (χ0v) is 47.7. The van der Waals surface area contributed by atoms with Crippen LogP contribution in [0.2, 0.25) is 0 Å². The standard InChI is InChI=1S/C60H77FN10O8S/c1-36-49(52-45(61)8-6-16-62-52)50(36)56(72)65-53-55(69-22-27-77-28-23-69)57-64-47(34-80-57)38-10-13-48-42(30-38)44(32-60(3,4)35-79-59(74)46-9-7-17-71(66-46)58(53)73)54(70(48)24-29-78-41-14-25-76-26-15-41)43-31-40(33-63-51(43)37(2)75-5)68-20-18-67(19-21-68)39-11-12-39/h6,8,10,13,16,30-31,33-34,36-37,39,41,46,49-50,53,55,66H,7,9,11-12,14-15,17-29,32,35H2,1-5H3,(H,65,72)/t36-,37-,46-,49+,50+,53-,55-/m0/s1. The molecule has 1 aromatic carbocycles. The Hall–Kier alpha value is -5.45. The Kier molecular flexibility index (Phi) is 16.1. The van der Waals surface area contributed by atoms with E-state index in [-0.39, 0.29) is 36.3 Å². The topological polar surface area (TPSA) is 178 Å². The Morgan fingerprint density at radius 1 is 0.963 bits per heavy atom. The molecule has 4 saturated heterocycles. The van der Waals surface area contributed by atoms with Crippen LogP contribution < -0.4 is 15.6 Å². The number of methoxy groups -OCH3 is 1. The Balaban J connectivity index is 0.991. The first-order chi connectivity index (χ1) is 38.8. The van der Waals surface area contributed by atoms with Crippen LogP contribution in [-0.4, -0.2) is 169 Å². The zero-order chi connectivity index (χ0) is 55.2. The quantitative estimate of drug-likeness (QED) is 0.114. The number of piperazine rings is 1. The Morgan fingerprint density at radius 3 is 2.51 bits per heavy atom. The molecule has 80 heavy (non-hydrogen) atoms. The molecule has 2 N–H and O–H groups in total. The van der Waals surface area contributed by atoms with E-state index in [0.717, 1.165) is 89.4 Å². The van der Waals surface area contributed by atoms with E-state index in [2.05, 4.69) is 80.0 Å². The van der Waals surface area contributed by atoms with E-state index < -0.39 is 53.1 Å². The van der Waals surface area contributed by atoms with E-state index in [9.17, 15) is 9.59 Å². The van der Waals surface area contributed by atoms with Crippen molar-refractivity contribution in [1.82, 2.24) is 45.1 Å². The maximum atomic E-state index is 15.4. The molecule has 0 radical (unpaired) electrons. The van der Waals surface area contributed by atoms with Gasteiger partial charge in [0.05, 0.1) is 79.3 Å². The van der Waals surface area contributed by atoms with Crippen LogP contribution in [0.5, 0.6) is 0 Å². The molecule has 4 aromatic heterocycles. The van der Waals surface area contributed by atoms with Crippen molar-refractivity contribution in [2.75, 3.05) is 97.5 Å². The number of aromatic nitrogens is 4. The second-order valence-corrected chi connectivity index (χ2v) is 24.7. The van der Waals surface area contributed by atoms with E-state index in [4.69, 9.17) is 33.7 Å². The fourth-order valence-electron chi connectivity index (χ4n) is 13.1. The van der Waals surface area contributed by atoms with Gasteiger partial charge in [-0.2, -0.15) is 0 Å². The number of benzene rings is 1. The molecule has 9 heterocycles. The summed E-state index contributed by atoms with van der Waals surface area (Å²) < 4.78 is 48.3. The van der Waals surface area contributed by atoms with Gasteiger partial charge < -0.3 is 38.5 Å². The average Bonchev–Trinajstić information content (AvgIpc) is 4.53. The summed E-state index contributed by atoms with van der Waals surface area (Å²) in [5, 5.41) is 8.42. The Morgan fingerprint density at radius 2 is 1.75 bits per heavy atom. The van der Waals surface area contributed by atoms with Gasteiger partial charge in [-0.05, 0) is 93.7 Å². The van der Waals surface area contributed by atoms with E-state index in [1.165, 1.54) is 47.5 Å². The van der Waals surface area contributed by atoms with Gasteiger partial charge in [0.25, 0.3) is 5.91 Å². The fourth-order valence-corrected chi connectivity index (χ4v) is 14.1. The molecular formula is C60H77FN10O8S. The van der Waals surface area contributed by atoms with Gasteiger partial charge in [0.1, 0.15) is 22.9 Å². The van der Waals surface area contributed by atoms with Gasteiger partial charge in [-0.1, -0.05) is 26.8 Å². The monoisotopic (exact) mass is 1120 g/mol. The number of thiazole rings is 1. The number of rotatable bonds is 13. The number of amides is 2. The fraction of sp³-hybridized carbons (Fsp3) is 0.600. The van der Waals surface area contributed by atoms with Gasteiger partial charge in [-0.25, -0.2) is 14.8 Å². The van der Waals surface area contributed by atoms with Crippen molar-refractivity contribution in [1.29, 1.82) is 0 Å². The number of ether oxygens (including phenoxy) is 5. The van der Waals surface area contributed by atoms with Crippen LogP contribution in [0.1, 0.15) is 106 Å². The second-order valence-electron chi connectivity index (χ2n) is 23.8. The number of morpholine rings is 1. The predicted molar refractivity (Wildman–Crippen MR) is 301 cm³/mol. The number of halogens is 1. The summed E-state index contributed by atoms with van der Waals surface area (Å²) in [5.41, 5.74) is 10.6. The number of anilines is 1. The molecule has 2 saturated carbocycles. The summed E-state index contributed by atoms with van der Waals surface area (Å²) in [6, 6.07) is 9.80. The highest BCUT2D eigenvalue weighted by Gasteiger charge is 2.56. The molecule has 6 bridgehead atoms. The normalized spacial score (nSPS) is 26.7. The number of nitrogens with zero attached hydrogens (tertiary/aromatic N) is 8. The van der Waals surface area contributed by atoms with Gasteiger partial charge in [-0.15, -0.1) is 11.3 Å². The zero-order valence-electron chi connectivity index (χ0n) is 46.9. The van der Waals surface area contributed by atoms with E-state index >= 15 is 9.18 Å². The number of hydrazine groups is 1. The number of pyridine rings is 2. The van der Waals surface area contributed by atoms with Crippen LogP contribution in [0.4, 0.5) is 10.1 Å². The molecule has 12 rings (SSSR count). The summed E-state index contributed by atoms with van der Waals surface area (Å²) >= 11 is 1.45. The lowest BCUT2D eigenvalue weighted by Crippen LogP contribution is -2.63. The smallest absolute Gasteiger partial charge is 0.324 e. The summed E-state index contributed by atoms with van der Waals surface area (Å²) in [4.78, 5) is 66.9. The number of hydrogen-bond donors (Lipinski definition) is 2. The predicted octanol–water partition coefficient (Wildman–Crippen LogP) is 7.08. The first-order valence-electron chi connectivity index (χ1n) is 29.1. The van der Waals surface area contributed by atoms with Crippen molar-refractivity contribution >= 4 is 45.7 Å². The highest BCUT2D eigenvalue weighted by atomic mass is 32.1. The van der Waals surface area contributed by atoms with Gasteiger partial charge in [0, 0.05) is 130 Å². The van der Waals surface area contributed by atoms with Crippen LogP contribution in [0.25, 0.3) is 33.4 Å². The van der Waals surface area contributed by atoms with Crippen molar-refractivity contribution in [2.24, 2.45) is 17.3 Å². The first kappa shape index (κ1) is 55.1. The lowest BCUT2D eigenvalue weighted by atomic mass is 9.84. The summed E-state index contributed by atoms with van der Waals surface area (Å²) in [6.07, 6.45) is 9.11. The molecule has 18 nitrogen and oxygen atoms in total. The minimum atomic E-state index is -1.15. The Bertz CT molecular complexity index is 3060. The third kappa shape index (κ3) is 11.4. The second kappa shape index (κ2) is 23.4. The van der Waals surface area contributed by atoms with Crippen molar-refractivity contribution in [3.8, 4) is 22.5 Å². The molecule has 6 fully saturated rings. The van der Waals surface area contributed by atoms with Crippen molar-refractivity contribution in [3.63, 3.8) is 0 Å². The maximum Gasteiger partial charge on any atom is 0.324 e. The van der Waals surface area contributed by atoms with Crippen LogP contribution in [-0.2, 0) is 51.0 Å². The highest BCUT2D eigenvalue weighted by Crippen LogP contribution is 2.54. The van der Waals surface area contributed by atoms with Crippen molar-refractivity contribution in [2.45, 2.75) is 121 Å². The molecule has 0 unspecified atom stereocenters. The number of cyclic esters (lactones) is 1. The van der Waals surface area contributed by atoms with Gasteiger partial charge in [0.2, 0.25) is 5.91 Å². The molecule has 428 valence electrons. The average molecular weight is 1120 g/mol. The molecule has 5 aromatic rings. The van der Waals surface area contributed by atoms with E-state index in [1.807, 2.05) is 18.5 Å². The number of esters is 1. The number of carbonyl (C=O) groups excluding carboxylic acids is 3. The molecule has 7 atom stereocenters. The van der Waals surface area contributed by atoms with Gasteiger partial charge >= 0.3 is 5.97 Å². The highest BCUT2D eigenvalue weighted by molar-refractivity contribution is 7.10. The van der Waals surface area contributed by atoms with E-state index in [0.29, 0.717) is 89.5 Å². The van der Waals surface area contributed by atoms with Gasteiger partial charge in [0.15, 0.2) is 0 Å². The van der Waals surface area contributed by atoms with Crippen LogP contribution in [0, 0.1) is 23.1 Å². The summed E-state index contributed by atoms with van der Waals surface area (Å²) in [6.45, 7) is 16.7. The van der Waals surface area contributed by atoms with E-state index in [1.54, 1.807) is 7.11 Å². The molecule has 2 aliphatic carbocycles. The third-order valence-corrected chi connectivity index (χ3v) is 18.7. The maximum absolute atomic E-state index is 15.4. The minimum Gasteiger partial charge on any atom is -0.464 e. The van der Waals surface area contributed by atoms with Crippen LogP contribution in [0.3, 0.4) is 0 Å². The Labute approximate surface area is 472 Å². The van der Waals surface area contributed by atoms with Crippen molar-refractivity contribution < 1.29 is 42.5 Å². The molecule has 5 aliphatic heterocycles. The lowest BCUT2D eigenvalue weighted by Gasteiger charge is -2.41. The molecule has 2 amide bonds. The number of nitrogens with one attached hydrogen (secondary N) is 2. The third-order valence-electron chi connectivity index (χ3n) is 17.8.